The zero-order chi connectivity index (χ0) is 18.9. The fourth-order valence-corrected chi connectivity index (χ4v) is 3.40. The second-order valence-electron chi connectivity index (χ2n) is 6.92. The summed E-state index contributed by atoms with van der Waals surface area (Å²) in [6, 6.07) is 17.5. The lowest BCUT2D eigenvalue weighted by atomic mass is 9.98. The van der Waals surface area contributed by atoms with E-state index in [2.05, 4.69) is 5.32 Å². The normalized spacial score (nSPS) is 16.2. The number of hydrogen-bond acceptors (Lipinski definition) is 4. The van der Waals surface area contributed by atoms with Crippen molar-refractivity contribution in [3.05, 3.63) is 60.2 Å². The number of carbonyl (C=O) groups is 1. The zero-order valence-corrected chi connectivity index (χ0v) is 17.1. The first-order chi connectivity index (χ1) is 13.3. The summed E-state index contributed by atoms with van der Waals surface area (Å²) in [7, 11) is 1.95. The molecule has 0 bridgehead atoms. The highest BCUT2D eigenvalue weighted by molar-refractivity contribution is 5.85. The van der Waals surface area contributed by atoms with Gasteiger partial charge in [0, 0.05) is 13.1 Å². The molecule has 1 aliphatic heterocycles. The first-order valence-electron chi connectivity index (χ1n) is 9.57. The third kappa shape index (κ3) is 6.43. The van der Waals surface area contributed by atoms with Crippen LogP contribution in [0.1, 0.15) is 18.4 Å². The van der Waals surface area contributed by atoms with E-state index < -0.39 is 0 Å². The standard InChI is InChI=1S/C22H28N2O3.ClH/c1-23-14-19-10-7-13-24(15-19)22(25)17-27-21-12-6-5-11-20(21)26-16-18-8-3-2-4-9-18;/h2-6,8-9,11-12,19,23H,7,10,13-17H2,1H3;1H. The monoisotopic (exact) mass is 404 g/mol. The maximum Gasteiger partial charge on any atom is 0.260 e. The van der Waals surface area contributed by atoms with Gasteiger partial charge in [0.1, 0.15) is 6.61 Å². The van der Waals surface area contributed by atoms with Crippen LogP contribution in [-0.4, -0.2) is 44.1 Å². The predicted molar refractivity (Wildman–Crippen MR) is 113 cm³/mol. The van der Waals surface area contributed by atoms with Crippen LogP contribution in [-0.2, 0) is 11.4 Å². The minimum atomic E-state index is 0. The van der Waals surface area contributed by atoms with Crippen molar-refractivity contribution in [2.24, 2.45) is 5.92 Å². The highest BCUT2D eigenvalue weighted by Gasteiger charge is 2.23. The third-order valence-corrected chi connectivity index (χ3v) is 4.80. The topological polar surface area (TPSA) is 50.8 Å². The smallest absolute Gasteiger partial charge is 0.260 e. The predicted octanol–water partition coefficient (Wildman–Crippen LogP) is 3.52. The van der Waals surface area contributed by atoms with Crippen LogP contribution in [0.4, 0.5) is 0 Å². The molecule has 0 aliphatic carbocycles. The Hall–Kier alpha value is -2.24. The van der Waals surface area contributed by atoms with Gasteiger partial charge in [-0.1, -0.05) is 42.5 Å². The minimum absolute atomic E-state index is 0. The number of carbonyl (C=O) groups excluding carboxylic acids is 1. The maximum atomic E-state index is 12.6. The van der Waals surface area contributed by atoms with E-state index in [0.29, 0.717) is 24.0 Å². The van der Waals surface area contributed by atoms with Crippen LogP contribution in [0.2, 0.25) is 0 Å². The number of hydrogen-bond donors (Lipinski definition) is 1. The average Bonchev–Trinajstić information content (AvgIpc) is 2.72. The molecule has 1 saturated heterocycles. The van der Waals surface area contributed by atoms with E-state index in [1.54, 1.807) is 0 Å². The van der Waals surface area contributed by atoms with Gasteiger partial charge in [0.2, 0.25) is 0 Å². The van der Waals surface area contributed by atoms with Gasteiger partial charge >= 0.3 is 0 Å². The summed E-state index contributed by atoms with van der Waals surface area (Å²) in [6.45, 7) is 3.06. The first-order valence-corrected chi connectivity index (χ1v) is 9.57. The van der Waals surface area contributed by atoms with Crippen LogP contribution in [0.5, 0.6) is 11.5 Å². The Morgan fingerprint density at radius 3 is 2.46 bits per heavy atom. The zero-order valence-electron chi connectivity index (χ0n) is 16.3. The summed E-state index contributed by atoms with van der Waals surface area (Å²) >= 11 is 0. The summed E-state index contributed by atoms with van der Waals surface area (Å²) < 4.78 is 11.7. The minimum Gasteiger partial charge on any atom is -0.485 e. The molecule has 1 atom stereocenters. The second kappa shape index (κ2) is 11.6. The van der Waals surface area contributed by atoms with Gasteiger partial charge in [-0.15, -0.1) is 12.4 Å². The molecule has 0 saturated carbocycles. The molecule has 1 amide bonds. The van der Waals surface area contributed by atoms with E-state index in [0.717, 1.165) is 31.6 Å². The second-order valence-corrected chi connectivity index (χ2v) is 6.92. The van der Waals surface area contributed by atoms with Crippen molar-refractivity contribution in [3.63, 3.8) is 0 Å². The molecule has 1 aliphatic rings. The van der Waals surface area contributed by atoms with Crippen molar-refractivity contribution in [1.29, 1.82) is 0 Å². The quantitative estimate of drug-likeness (QED) is 0.731. The molecule has 2 aromatic carbocycles. The van der Waals surface area contributed by atoms with Gasteiger partial charge in [0.05, 0.1) is 0 Å². The molecule has 6 heteroatoms. The van der Waals surface area contributed by atoms with Gasteiger partial charge in [0.25, 0.3) is 5.91 Å². The van der Waals surface area contributed by atoms with Crippen LogP contribution in [0.15, 0.2) is 54.6 Å². The van der Waals surface area contributed by atoms with Crippen molar-refractivity contribution in [2.75, 3.05) is 33.3 Å². The number of benzene rings is 2. The number of ether oxygens (including phenoxy) is 2. The number of nitrogens with zero attached hydrogens (tertiary/aromatic N) is 1. The van der Waals surface area contributed by atoms with Crippen molar-refractivity contribution in [3.8, 4) is 11.5 Å². The molecule has 1 N–H and O–H groups in total. The Bertz CT molecular complexity index is 725. The number of rotatable bonds is 8. The van der Waals surface area contributed by atoms with Gasteiger partial charge < -0.3 is 19.7 Å². The van der Waals surface area contributed by atoms with Crippen LogP contribution < -0.4 is 14.8 Å². The van der Waals surface area contributed by atoms with E-state index in [1.165, 1.54) is 6.42 Å². The van der Waals surface area contributed by atoms with Gasteiger partial charge in [-0.3, -0.25) is 4.79 Å². The summed E-state index contributed by atoms with van der Waals surface area (Å²) in [5.74, 6) is 1.81. The Morgan fingerprint density at radius 2 is 1.75 bits per heavy atom. The van der Waals surface area contributed by atoms with Crippen molar-refractivity contribution < 1.29 is 14.3 Å². The summed E-state index contributed by atoms with van der Waals surface area (Å²) in [5.41, 5.74) is 1.09. The molecule has 5 nitrogen and oxygen atoms in total. The van der Waals surface area contributed by atoms with Crippen molar-refractivity contribution >= 4 is 18.3 Å². The Kier molecular flexibility index (Phi) is 9.11. The molecule has 1 unspecified atom stereocenters. The fourth-order valence-electron chi connectivity index (χ4n) is 3.40. The van der Waals surface area contributed by atoms with Crippen LogP contribution in [0, 0.1) is 5.92 Å². The molecule has 152 valence electrons. The number of likely N-dealkylation sites (tertiary alicyclic amines) is 1. The summed E-state index contributed by atoms with van der Waals surface area (Å²) in [5, 5.41) is 3.20. The Labute approximate surface area is 173 Å². The number of para-hydroxylation sites is 2. The largest absolute Gasteiger partial charge is 0.485 e. The lowest BCUT2D eigenvalue weighted by Crippen LogP contribution is -2.44. The molecule has 0 aromatic heterocycles. The van der Waals surface area contributed by atoms with E-state index in [-0.39, 0.29) is 24.9 Å². The first kappa shape index (κ1) is 22.1. The third-order valence-electron chi connectivity index (χ3n) is 4.80. The molecule has 0 radical (unpaired) electrons. The maximum absolute atomic E-state index is 12.6. The van der Waals surface area contributed by atoms with Crippen LogP contribution >= 0.6 is 12.4 Å². The molecular formula is C22H29ClN2O3. The van der Waals surface area contributed by atoms with Gasteiger partial charge in [-0.2, -0.15) is 0 Å². The Balaban J connectivity index is 0.00000280. The molecule has 3 rings (SSSR count). The molecule has 1 fully saturated rings. The van der Waals surface area contributed by atoms with Gasteiger partial charge in [-0.05, 0) is 50.0 Å². The number of piperidine rings is 1. The van der Waals surface area contributed by atoms with Crippen molar-refractivity contribution in [1.82, 2.24) is 10.2 Å². The molecule has 2 aromatic rings. The van der Waals surface area contributed by atoms with Crippen LogP contribution in [0.25, 0.3) is 0 Å². The number of halogens is 1. The highest BCUT2D eigenvalue weighted by atomic mass is 35.5. The molecule has 28 heavy (non-hydrogen) atoms. The average molecular weight is 405 g/mol. The molecule has 0 spiro atoms. The Morgan fingerprint density at radius 1 is 1.07 bits per heavy atom. The number of nitrogens with one attached hydrogen (secondary N) is 1. The SMILES string of the molecule is CNCC1CCCN(C(=O)COc2ccccc2OCc2ccccc2)C1.Cl. The van der Waals surface area contributed by atoms with Gasteiger partial charge in [-0.25, -0.2) is 0 Å². The highest BCUT2D eigenvalue weighted by Crippen LogP contribution is 2.27. The molecule has 1 heterocycles. The van der Waals surface area contributed by atoms with E-state index in [9.17, 15) is 4.79 Å². The lowest BCUT2D eigenvalue weighted by molar-refractivity contribution is -0.135. The summed E-state index contributed by atoms with van der Waals surface area (Å²) in [4.78, 5) is 14.5. The summed E-state index contributed by atoms with van der Waals surface area (Å²) in [6.07, 6.45) is 2.22. The molecular weight excluding hydrogens is 376 g/mol. The lowest BCUT2D eigenvalue weighted by Gasteiger charge is -2.32. The number of amides is 1. The fraction of sp³-hybridized carbons (Fsp3) is 0.409. The van der Waals surface area contributed by atoms with E-state index >= 15 is 0 Å². The van der Waals surface area contributed by atoms with Crippen molar-refractivity contribution in [2.45, 2.75) is 19.4 Å². The van der Waals surface area contributed by atoms with E-state index in [4.69, 9.17) is 9.47 Å². The van der Waals surface area contributed by atoms with E-state index in [1.807, 2.05) is 66.5 Å². The van der Waals surface area contributed by atoms with Crippen LogP contribution in [0.3, 0.4) is 0 Å². The van der Waals surface area contributed by atoms with Gasteiger partial charge in [0.15, 0.2) is 18.1 Å².